The molecule has 7 nitrogen and oxygen atoms in total. The van der Waals surface area contributed by atoms with E-state index in [4.69, 9.17) is 4.74 Å². The molecule has 3 aromatic rings. The molecule has 0 spiro atoms. The van der Waals surface area contributed by atoms with E-state index in [2.05, 4.69) is 20.5 Å². The van der Waals surface area contributed by atoms with Crippen LogP contribution in [0.4, 0.5) is 10.3 Å². The summed E-state index contributed by atoms with van der Waals surface area (Å²) < 4.78 is 33.3. The van der Waals surface area contributed by atoms with Crippen molar-refractivity contribution in [3.63, 3.8) is 0 Å². The normalized spacial score (nSPS) is 18.6. The van der Waals surface area contributed by atoms with Gasteiger partial charge in [0, 0.05) is 58.2 Å². The first-order valence-corrected chi connectivity index (χ1v) is 10.6. The number of anilines is 1. The molecule has 2 aliphatic rings. The molecule has 0 saturated carbocycles. The number of fused-ring (bicyclic) bond motifs is 2. The van der Waals surface area contributed by atoms with Crippen LogP contribution < -0.4 is 10.1 Å². The van der Waals surface area contributed by atoms with Crippen LogP contribution in [0.2, 0.25) is 0 Å². The van der Waals surface area contributed by atoms with Crippen molar-refractivity contribution >= 4 is 28.0 Å². The molecule has 0 radical (unpaired) electrons. The molecule has 2 aliphatic heterocycles. The van der Waals surface area contributed by atoms with Gasteiger partial charge >= 0.3 is 0 Å². The SMILES string of the molecule is O=S1CC=C(c2cnc(NCc3c(F)ccc4c3CCO4)n3cnnc23)CC1. The first-order chi connectivity index (χ1) is 13.7. The number of nitrogens with one attached hydrogen (secondary N) is 1. The average Bonchev–Trinajstić information content (AvgIpc) is 3.37. The second-order valence-electron chi connectivity index (χ2n) is 6.76. The summed E-state index contributed by atoms with van der Waals surface area (Å²) in [5.74, 6) is 2.23. The van der Waals surface area contributed by atoms with E-state index in [1.54, 1.807) is 23.0 Å². The number of nitrogens with zero attached hydrogens (tertiary/aromatic N) is 4. The Morgan fingerprint density at radius 2 is 2.25 bits per heavy atom. The van der Waals surface area contributed by atoms with Gasteiger partial charge in [-0.2, -0.15) is 0 Å². The Morgan fingerprint density at radius 3 is 3.11 bits per heavy atom. The molecule has 4 heterocycles. The minimum Gasteiger partial charge on any atom is -0.493 e. The zero-order valence-electron chi connectivity index (χ0n) is 15.0. The third-order valence-corrected chi connectivity index (χ3v) is 6.36. The van der Waals surface area contributed by atoms with Crippen molar-refractivity contribution in [3.05, 3.63) is 53.2 Å². The van der Waals surface area contributed by atoms with Crippen molar-refractivity contribution in [1.29, 1.82) is 0 Å². The van der Waals surface area contributed by atoms with Crippen molar-refractivity contribution in [1.82, 2.24) is 19.6 Å². The van der Waals surface area contributed by atoms with Crippen molar-refractivity contribution < 1.29 is 13.3 Å². The molecule has 1 atom stereocenters. The van der Waals surface area contributed by atoms with Gasteiger partial charge in [-0.25, -0.2) is 9.37 Å². The second kappa shape index (κ2) is 6.97. The molecule has 5 rings (SSSR count). The average molecular weight is 399 g/mol. The molecule has 144 valence electrons. The Kier molecular flexibility index (Phi) is 4.31. The summed E-state index contributed by atoms with van der Waals surface area (Å²) in [6.07, 6.45) is 6.76. The number of halogens is 1. The summed E-state index contributed by atoms with van der Waals surface area (Å²) in [6, 6.07) is 3.11. The molecule has 2 aromatic heterocycles. The van der Waals surface area contributed by atoms with Gasteiger partial charge in [-0.3, -0.25) is 8.61 Å². The maximum absolute atomic E-state index is 14.4. The van der Waals surface area contributed by atoms with Gasteiger partial charge in [-0.05, 0) is 24.1 Å². The van der Waals surface area contributed by atoms with Gasteiger partial charge in [0.05, 0.1) is 6.61 Å². The number of rotatable bonds is 4. The van der Waals surface area contributed by atoms with E-state index in [0.29, 0.717) is 48.2 Å². The topological polar surface area (TPSA) is 81.4 Å². The van der Waals surface area contributed by atoms with Crippen molar-refractivity contribution in [3.8, 4) is 5.75 Å². The van der Waals surface area contributed by atoms with Crippen LogP contribution in [0, 0.1) is 5.82 Å². The van der Waals surface area contributed by atoms with Gasteiger partial charge in [0.1, 0.15) is 17.9 Å². The van der Waals surface area contributed by atoms with E-state index in [9.17, 15) is 8.60 Å². The van der Waals surface area contributed by atoms with E-state index in [0.717, 1.165) is 28.9 Å². The maximum atomic E-state index is 14.4. The van der Waals surface area contributed by atoms with Gasteiger partial charge < -0.3 is 10.1 Å². The predicted octanol–water partition coefficient (Wildman–Crippen LogP) is 2.35. The fraction of sp³-hybridized carbons (Fsp3) is 0.316. The molecule has 0 aliphatic carbocycles. The summed E-state index contributed by atoms with van der Waals surface area (Å²) in [5.41, 5.74) is 4.16. The molecule has 0 fully saturated rings. The van der Waals surface area contributed by atoms with Crippen molar-refractivity contribution in [2.75, 3.05) is 23.4 Å². The van der Waals surface area contributed by atoms with Gasteiger partial charge in [0.15, 0.2) is 5.65 Å². The van der Waals surface area contributed by atoms with Gasteiger partial charge in [-0.1, -0.05) is 6.08 Å². The van der Waals surface area contributed by atoms with Crippen LogP contribution in [0.15, 0.2) is 30.7 Å². The summed E-state index contributed by atoms with van der Waals surface area (Å²) in [7, 11) is -0.788. The standard InChI is InChI=1S/C19H18FN5O2S/c20-16-1-2-17-13(3-6-27-17)15(16)10-22-19-21-9-14(18-24-23-11-25(18)19)12-4-7-28(26)8-5-12/h1-2,4,9,11H,3,5-8,10H2,(H,21,22). The Morgan fingerprint density at radius 1 is 1.32 bits per heavy atom. The van der Waals surface area contributed by atoms with Gasteiger partial charge in [0.25, 0.3) is 0 Å². The highest BCUT2D eigenvalue weighted by molar-refractivity contribution is 7.85. The van der Waals surface area contributed by atoms with Crippen LogP contribution in [0.1, 0.15) is 23.1 Å². The molecule has 1 aromatic carbocycles. The number of ether oxygens (including phenoxy) is 1. The monoisotopic (exact) mass is 399 g/mol. The maximum Gasteiger partial charge on any atom is 0.210 e. The smallest absolute Gasteiger partial charge is 0.210 e. The minimum absolute atomic E-state index is 0.256. The third-order valence-electron chi connectivity index (χ3n) is 5.16. The summed E-state index contributed by atoms with van der Waals surface area (Å²) in [6.45, 7) is 0.869. The zero-order valence-corrected chi connectivity index (χ0v) is 15.8. The van der Waals surface area contributed by atoms with Crippen LogP contribution >= 0.6 is 0 Å². The zero-order chi connectivity index (χ0) is 19.1. The summed E-state index contributed by atoms with van der Waals surface area (Å²) in [4.78, 5) is 4.51. The molecule has 1 N–H and O–H groups in total. The van der Waals surface area contributed by atoms with E-state index in [-0.39, 0.29) is 5.82 Å². The second-order valence-corrected chi connectivity index (χ2v) is 8.39. The van der Waals surface area contributed by atoms with Crippen molar-refractivity contribution in [2.24, 2.45) is 0 Å². The van der Waals surface area contributed by atoms with Crippen LogP contribution in [-0.2, 0) is 23.8 Å². The molecule has 9 heteroatoms. The fourth-order valence-electron chi connectivity index (χ4n) is 3.70. The number of benzene rings is 1. The lowest BCUT2D eigenvalue weighted by Gasteiger charge is -2.15. The highest BCUT2D eigenvalue weighted by Crippen LogP contribution is 2.31. The molecular formula is C19H18FN5O2S. The first kappa shape index (κ1) is 17.3. The quantitative estimate of drug-likeness (QED) is 0.725. The lowest BCUT2D eigenvalue weighted by molar-refractivity contribution is 0.356. The summed E-state index contributed by atoms with van der Waals surface area (Å²) in [5, 5.41) is 11.4. The van der Waals surface area contributed by atoms with E-state index in [1.165, 1.54) is 6.07 Å². The molecule has 0 amide bonds. The van der Waals surface area contributed by atoms with E-state index in [1.807, 2.05) is 6.08 Å². The molecule has 1 unspecified atom stereocenters. The molecule has 28 heavy (non-hydrogen) atoms. The Labute approximate surface area is 163 Å². The molecule has 0 bridgehead atoms. The van der Waals surface area contributed by atoms with Crippen LogP contribution in [0.25, 0.3) is 11.2 Å². The summed E-state index contributed by atoms with van der Waals surface area (Å²) >= 11 is 0. The predicted molar refractivity (Wildman–Crippen MR) is 104 cm³/mol. The van der Waals surface area contributed by atoms with Crippen LogP contribution in [0.3, 0.4) is 0 Å². The largest absolute Gasteiger partial charge is 0.493 e. The van der Waals surface area contributed by atoms with Crippen molar-refractivity contribution in [2.45, 2.75) is 19.4 Å². The van der Waals surface area contributed by atoms with Crippen LogP contribution in [0.5, 0.6) is 5.75 Å². The number of hydrogen-bond acceptors (Lipinski definition) is 6. The number of hydrogen-bond donors (Lipinski definition) is 1. The van der Waals surface area contributed by atoms with Crippen LogP contribution in [-0.4, -0.2) is 41.9 Å². The molecular weight excluding hydrogens is 381 g/mol. The highest BCUT2D eigenvalue weighted by atomic mass is 32.2. The highest BCUT2D eigenvalue weighted by Gasteiger charge is 2.20. The Hall–Kier alpha value is -2.81. The number of aromatic nitrogens is 4. The van der Waals surface area contributed by atoms with E-state index >= 15 is 0 Å². The van der Waals surface area contributed by atoms with Gasteiger partial charge in [-0.15, -0.1) is 10.2 Å². The number of allylic oxidation sites excluding steroid dienone is 1. The van der Waals surface area contributed by atoms with Gasteiger partial charge in [0.2, 0.25) is 5.95 Å². The third kappa shape index (κ3) is 2.95. The molecule has 0 saturated heterocycles. The van der Waals surface area contributed by atoms with E-state index < -0.39 is 10.8 Å². The lowest BCUT2D eigenvalue weighted by atomic mass is 10.0. The minimum atomic E-state index is -0.788. The lowest BCUT2D eigenvalue weighted by Crippen LogP contribution is -2.12. The first-order valence-electron chi connectivity index (χ1n) is 9.11. The fourth-order valence-corrected chi connectivity index (χ4v) is 4.70. The Bertz CT molecular complexity index is 1130. The Balaban J connectivity index is 1.46.